The van der Waals surface area contributed by atoms with Crippen LogP contribution in [0.15, 0.2) is 46.2 Å². The Morgan fingerprint density at radius 2 is 1.65 bits per heavy atom. The number of hydrogen-bond acceptors (Lipinski definition) is 5. The molecule has 7 heteroatoms. The van der Waals surface area contributed by atoms with Gasteiger partial charge in [-0.3, -0.25) is 9.59 Å². The molecule has 0 aliphatic heterocycles. The average molecular weight is 386 g/mol. The predicted octanol–water partition coefficient (Wildman–Crippen LogP) is 4.57. The molecule has 2 N–H and O–H groups in total. The van der Waals surface area contributed by atoms with Gasteiger partial charge < -0.3 is 10.6 Å². The molecule has 0 atom stereocenters. The minimum Gasteiger partial charge on any atom is -0.326 e. The van der Waals surface area contributed by atoms with E-state index < -0.39 is 0 Å². The number of carbonyl (C=O) groups excluding carboxylic acids is 2. The van der Waals surface area contributed by atoms with E-state index in [-0.39, 0.29) is 17.6 Å². The maximum Gasteiger partial charge on any atom is 0.234 e. The van der Waals surface area contributed by atoms with Crippen LogP contribution in [0.4, 0.5) is 11.4 Å². The molecule has 0 spiro atoms. The highest BCUT2D eigenvalue weighted by atomic mass is 32.2. The summed E-state index contributed by atoms with van der Waals surface area (Å²) >= 11 is 2.53. The molecule has 0 heterocycles. The first-order valence-corrected chi connectivity index (χ1v) is 9.66. The van der Waals surface area contributed by atoms with Gasteiger partial charge in [-0.25, -0.2) is 0 Å². The highest BCUT2D eigenvalue weighted by Gasteiger charge is 2.10. The van der Waals surface area contributed by atoms with Crippen molar-refractivity contribution in [1.29, 1.82) is 5.26 Å². The van der Waals surface area contributed by atoms with Gasteiger partial charge in [0.2, 0.25) is 11.8 Å². The summed E-state index contributed by atoms with van der Waals surface area (Å²) in [5.41, 5.74) is 3.38. The van der Waals surface area contributed by atoms with Crippen molar-refractivity contribution >= 4 is 46.7 Å². The number of anilines is 2. The molecule has 0 radical (unpaired) electrons. The number of thioether (sulfide) groups is 2. The molecule has 2 aromatic rings. The van der Waals surface area contributed by atoms with Crippen LogP contribution in [-0.4, -0.2) is 17.6 Å². The molecule has 0 bridgehead atoms. The Kier molecular flexibility index (Phi) is 7.13. The fraction of sp³-hybridized carbons (Fsp3) is 0.211. The van der Waals surface area contributed by atoms with Gasteiger partial charge in [-0.05, 0) is 73.1 Å². The highest BCUT2D eigenvalue weighted by molar-refractivity contribution is 8.03. The molecule has 0 saturated carbocycles. The highest BCUT2D eigenvalue weighted by Crippen LogP contribution is 2.28. The lowest BCUT2D eigenvalue weighted by molar-refractivity contribution is -0.114. The molecular formula is C19H19N3O2S2. The van der Waals surface area contributed by atoms with Crippen molar-refractivity contribution in [2.24, 2.45) is 0 Å². The molecule has 2 amide bonds. The monoisotopic (exact) mass is 385 g/mol. The SMILES string of the molecule is CC(=O)Nc1ccc(SCC(=O)Nc2c(C)cc(SC#N)cc2C)cc1. The van der Waals surface area contributed by atoms with Crippen molar-refractivity contribution in [3.8, 4) is 5.40 Å². The lowest BCUT2D eigenvalue weighted by Gasteiger charge is -2.13. The number of amides is 2. The molecule has 0 aliphatic rings. The molecular weight excluding hydrogens is 366 g/mol. The normalized spacial score (nSPS) is 10.1. The number of nitrogens with zero attached hydrogens (tertiary/aromatic N) is 1. The van der Waals surface area contributed by atoms with Crippen LogP contribution in [0.2, 0.25) is 0 Å². The topological polar surface area (TPSA) is 82.0 Å². The van der Waals surface area contributed by atoms with Crippen molar-refractivity contribution in [3.63, 3.8) is 0 Å². The van der Waals surface area contributed by atoms with Crippen LogP contribution in [0.3, 0.4) is 0 Å². The minimum atomic E-state index is -0.116. The van der Waals surface area contributed by atoms with Gasteiger partial charge in [0.1, 0.15) is 5.40 Å². The molecule has 0 saturated heterocycles. The van der Waals surface area contributed by atoms with Gasteiger partial charge in [0, 0.05) is 28.1 Å². The van der Waals surface area contributed by atoms with Gasteiger partial charge in [0.15, 0.2) is 0 Å². The van der Waals surface area contributed by atoms with Crippen LogP contribution in [0, 0.1) is 24.5 Å². The minimum absolute atomic E-state index is 0.0900. The summed E-state index contributed by atoms with van der Waals surface area (Å²) in [6, 6.07) is 11.1. The van der Waals surface area contributed by atoms with Gasteiger partial charge in [-0.1, -0.05) is 0 Å². The Balaban J connectivity index is 1.95. The third-order valence-electron chi connectivity index (χ3n) is 3.48. The predicted molar refractivity (Wildman–Crippen MR) is 107 cm³/mol. The third kappa shape index (κ3) is 5.83. The zero-order chi connectivity index (χ0) is 19.1. The van der Waals surface area contributed by atoms with Gasteiger partial charge in [0.25, 0.3) is 0 Å². The first-order chi connectivity index (χ1) is 12.4. The zero-order valence-electron chi connectivity index (χ0n) is 14.8. The van der Waals surface area contributed by atoms with Crippen molar-refractivity contribution in [2.75, 3.05) is 16.4 Å². The van der Waals surface area contributed by atoms with E-state index >= 15 is 0 Å². The van der Waals surface area contributed by atoms with Crippen molar-refractivity contribution in [3.05, 3.63) is 47.5 Å². The van der Waals surface area contributed by atoms with Gasteiger partial charge in [-0.15, -0.1) is 11.8 Å². The number of rotatable bonds is 6. The second-order valence-electron chi connectivity index (χ2n) is 5.67. The molecule has 26 heavy (non-hydrogen) atoms. The van der Waals surface area contributed by atoms with Gasteiger partial charge in [0.05, 0.1) is 5.75 Å². The Morgan fingerprint density at radius 1 is 1.04 bits per heavy atom. The van der Waals surface area contributed by atoms with Gasteiger partial charge >= 0.3 is 0 Å². The maximum absolute atomic E-state index is 12.3. The number of nitrogens with one attached hydrogen (secondary N) is 2. The third-order valence-corrected chi connectivity index (χ3v) is 5.05. The number of aryl methyl sites for hydroxylation is 2. The van der Waals surface area contributed by atoms with E-state index in [2.05, 4.69) is 16.0 Å². The van der Waals surface area contributed by atoms with E-state index in [0.717, 1.165) is 44.1 Å². The summed E-state index contributed by atoms with van der Waals surface area (Å²) in [5.74, 6) is 0.0788. The fourth-order valence-corrected chi connectivity index (χ4v) is 3.67. The second-order valence-corrected chi connectivity index (χ2v) is 7.57. The Morgan fingerprint density at radius 3 is 2.19 bits per heavy atom. The molecule has 0 fully saturated rings. The largest absolute Gasteiger partial charge is 0.326 e. The van der Waals surface area contributed by atoms with Crippen LogP contribution >= 0.6 is 23.5 Å². The van der Waals surface area contributed by atoms with E-state index in [4.69, 9.17) is 5.26 Å². The smallest absolute Gasteiger partial charge is 0.234 e. The molecule has 0 unspecified atom stereocenters. The number of nitriles is 1. The fourth-order valence-electron chi connectivity index (χ4n) is 2.39. The molecule has 0 aromatic heterocycles. The second kappa shape index (κ2) is 9.32. The maximum atomic E-state index is 12.3. The van der Waals surface area contributed by atoms with Crippen molar-refractivity contribution in [2.45, 2.75) is 30.6 Å². The summed E-state index contributed by atoms with van der Waals surface area (Å²) in [6.07, 6.45) is 0. The Labute approximate surface area is 161 Å². The van der Waals surface area contributed by atoms with E-state index in [9.17, 15) is 9.59 Å². The Bertz CT molecular complexity index is 835. The number of benzene rings is 2. The van der Waals surface area contributed by atoms with Gasteiger partial charge in [-0.2, -0.15) is 5.26 Å². The molecule has 2 rings (SSSR count). The van der Waals surface area contributed by atoms with Crippen LogP contribution in [0.25, 0.3) is 0 Å². The van der Waals surface area contributed by atoms with Crippen LogP contribution in [-0.2, 0) is 9.59 Å². The lowest BCUT2D eigenvalue weighted by Crippen LogP contribution is -2.15. The lowest BCUT2D eigenvalue weighted by atomic mass is 10.1. The summed E-state index contributed by atoms with van der Waals surface area (Å²) in [6.45, 7) is 5.29. The standard InChI is InChI=1S/C19H19N3O2S2/c1-12-8-17(26-11-20)9-13(2)19(12)22-18(24)10-25-16-6-4-15(5-7-16)21-14(3)23/h4-9H,10H2,1-3H3,(H,21,23)(H,22,24). The first kappa shape index (κ1) is 19.9. The molecule has 134 valence electrons. The van der Waals surface area contributed by atoms with Crippen LogP contribution in [0.1, 0.15) is 18.1 Å². The van der Waals surface area contributed by atoms with Crippen LogP contribution < -0.4 is 10.6 Å². The first-order valence-electron chi connectivity index (χ1n) is 7.86. The zero-order valence-corrected chi connectivity index (χ0v) is 16.4. The van der Waals surface area contributed by atoms with Crippen molar-refractivity contribution in [1.82, 2.24) is 0 Å². The number of carbonyl (C=O) groups is 2. The molecule has 2 aromatic carbocycles. The molecule has 0 aliphatic carbocycles. The van der Waals surface area contributed by atoms with Crippen LogP contribution in [0.5, 0.6) is 0 Å². The molecule has 5 nitrogen and oxygen atoms in total. The number of hydrogen-bond donors (Lipinski definition) is 2. The van der Waals surface area contributed by atoms with E-state index in [1.807, 2.05) is 50.2 Å². The summed E-state index contributed by atoms with van der Waals surface area (Å²) in [7, 11) is 0. The summed E-state index contributed by atoms with van der Waals surface area (Å²) in [4.78, 5) is 25.1. The van der Waals surface area contributed by atoms with E-state index in [1.54, 1.807) is 0 Å². The summed E-state index contributed by atoms with van der Waals surface area (Å²) < 4.78 is 0. The van der Waals surface area contributed by atoms with E-state index in [0.29, 0.717) is 0 Å². The number of thiocyanates is 1. The Hall–Kier alpha value is -2.43. The summed E-state index contributed by atoms with van der Waals surface area (Å²) in [5, 5.41) is 16.5. The van der Waals surface area contributed by atoms with Crippen molar-refractivity contribution < 1.29 is 9.59 Å². The van der Waals surface area contributed by atoms with E-state index in [1.165, 1.54) is 18.7 Å². The average Bonchev–Trinajstić information content (AvgIpc) is 2.57. The quantitative estimate of drug-likeness (QED) is 0.562.